The van der Waals surface area contributed by atoms with Crippen molar-refractivity contribution in [1.82, 2.24) is 4.72 Å². The Bertz CT molecular complexity index is 462. The van der Waals surface area contributed by atoms with E-state index in [1.54, 1.807) is 6.07 Å². The van der Waals surface area contributed by atoms with E-state index in [9.17, 15) is 8.42 Å². The van der Waals surface area contributed by atoms with Gasteiger partial charge in [-0.05, 0) is 24.6 Å². The molecule has 0 radical (unpaired) electrons. The SMILES string of the molecule is CCCNS(=O)(=O)Nc1ccc(N)cc1Cl. The minimum absolute atomic E-state index is 0.266. The first-order valence-corrected chi connectivity index (χ1v) is 6.63. The average Bonchev–Trinajstić information content (AvgIpc) is 2.19. The van der Waals surface area contributed by atoms with Gasteiger partial charge < -0.3 is 5.73 Å². The van der Waals surface area contributed by atoms with Crippen molar-refractivity contribution in [3.63, 3.8) is 0 Å². The van der Waals surface area contributed by atoms with E-state index >= 15 is 0 Å². The number of nitrogens with one attached hydrogen (secondary N) is 2. The number of benzene rings is 1. The molecule has 0 spiro atoms. The molecule has 4 N–H and O–H groups in total. The van der Waals surface area contributed by atoms with E-state index in [-0.39, 0.29) is 5.02 Å². The summed E-state index contributed by atoms with van der Waals surface area (Å²) in [4.78, 5) is 0. The first-order chi connectivity index (χ1) is 7.44. The van der Waals surface area contributed by atoms with Gasteiger partial charge in [-0.1, -0.05) is 18.5 Å². The highest BCUT2D eigenvalue weighted by Gasteiger charge is 2.10. The highest BCUT2D eigenvalue weighted by molar-refractivity contribution is 7.90. The van der Waals surface area contributed by atoms with Gasteiger partial charge in [0.15, 0.2) is 0 Å². The predicted molar refractivity (Wildman–Crippen MR) is 66.7 cm³/mol. The molecule has 0 unspecified atom stereocenters. The summed E-state index contributed by atoms with van der Waals surface area (Å²) in [6.45, 7) is 2.25. The van der Waals surface area contributed by atoms with Crippen LogP contribution in [0.15, 0.2) is 18.2 Å². The minimum Gasteiger partial charge on any atom is -0.399 e. The molecule has 0 saturated carbocycles. The lowest BCUT2D eigenvalue weighted by atomic mass is 10.3. The Hall–Kier alpha value is -0.980. The molecule has 0 aliphatic heterocycles. The summed E-state index contributed by atoms with van der Waals surface area (Å²) in [5.41, 5.74) is 6.28. The van der Waals surface area contributed by atoms with Crippen molar-refractivity contribution in [1.29, 1.82) is 0 Å². The van der Waals surface area contributed by atoms with Crippen LogP contribution in [0.4, 0.5) is 11.4 Å². The Morgan fingerprint density at radius 3 is 2.69 bits per heavy atom. The van der Waals surface area contributed by atoms with Gasteiger partial charge in [-0.3, -0.25) is 4.72 Å². The number of nitrogen functional groups attached to an aromatic ring is 1. The maximum absolute atomic E-state index is 11.5. The van der Waals surface area contributed by atoms with E-state index in [4.69, 9.17) is 17.3 Å². The Kier molecular flexibility index (Phi) is 4.40. The van der Waals surface area contributed by atoms with Crippen LogP contribution in [0.25, 0.3) is 0 Å². The van der Waals surface area contributed by atoms with Crippen molar-refractivity contribution >= 4 is 33.2 Å². The second-order valence-electron chi connectivity index (χ2n) is 3.24. The van der Waals surface area contributed by atoms with E-state index in [1.807, 2.05) is 6.92 Å². The molecule has 0 bridgehead atoms. The molecule has 0 aliphatic rings. The molecule has 90 valence electrons. The Morgan fingerprint density at radius 1 is 1.44 bits per heavy atom. The summed E-state index contributed by atoms with van der Waals surface area (Å²) >= 11 is 5.83. The summed E-state index contributed by atoms with van der Waals surface area (Å²) in [7, 11) is -3.56. The molecule has 1 rings (SSSR count). The first-order valence-electron chi connectivity index (χ1n) is 4.77. The lowest BCUT2D eigenvalue weighted by Crippen LogP contribution is -2.30. The van der Waals surface area contributed by atoms with Gasteiger partial charge in [-0.15, -0.1) is 0 Å². The molecule has 16 heavy (non-hydrogen) atoms. The smallest absolute Gasteiger partial charge is 0.299 e. The summed E-state index contributed by atoms with van der Waals surface area (Å²) in [5, 5.41) is 0.266. The molecular formula is C9H14ClN3O2S. The lowest BCUT2D eigenvalue weighted by Gasteiger charge is -2.10. The maximum Gasteiger partial charge on any atom is 0.299 e. The minimum atomic E-state index is -3.56. The van der Waals surface area contributed by atoms with Crippen LogP contribution < -0.4 is 15.2 Å². The Balaban J connectivity index is 2.80. The van der Waals surface area contributed by atoms with Gasteiger partial charge in [-0.25, -0.2) is 0 Å². The van der Waals surface area contributed by atoms with Gasteiger partial charge >= 0.3 is 0 Å². The number of anilines is 2. The second-order valence-corrected chi connectivity index (χ2v) is 5.15. The molecule has 0 heterocycles. The number of rotatable bonds is 5. The number of hydrogen-bond donors (Lipinski definition) is 3. The van der Waals surface area contributed by atoms with E-state index in [0.717, 1.165) is 6.42 Å². The third kappa shape index (κ3) is 3.88. The molecule has 0 saturated heterocycles. The fraction of sp³-hybridized carbons (Fsp3) is 0.333. The number of halogens is 1. The molecule has 1 aromatic carbocycles. The van der Waals surface area contributed by atoms with Gasteiger partial charge in [0.1, 0.15) is 0 Å². The van der Waals surface area contributed by atoms with Gasteiger partial charge in [-0.2, -0.15) is 13.1 Å². The zero-order chi connectivity index (χ0) is 12.2. The molecule has 0 aliphatic carbocycles. The van der Waals surface area contributed by atoms with E-state index in [2.05, 4.69) is 9.44 Å². The van der Waals surface area contributed by atoms with Crippen LogP contribution in [0.2, 0.25) is 5.02 Å². The van der Waals surface area contributed by atoms with Crippen molar-refractivity contribution in [2.45, 2.75) is 13.3 Å². The standard InChI is InChI=1S/C9H14ClN3O2S/c1-2-5-12-16(14,15)13-9-4-3-7(11)6-8(9)10/h3-4,6,12-13H,2,5,11H2,1H3. The summed E-state index contributed by atoms with van der Waals surface area (Å²) in [5.74, 6) is 0. The zero-order valence-corrected chi connectivity index (χ0v) is 10.4. The van der Waals surface area contributed by atoms with Gasteiger partial charge in [0.25, 0.3) is 10.2 Å². The Labute approximate surface area is 100 Å². The van der Waals surface area contributed by atoms with E-state index < -0.39 is 10.2 Å². The monoisotopic (exact) mass is 263 g/mol. The first kappa shape index (κ1) is 13.1. The fourth-order valence-corrected chi connectivity index (χ4v) is 2.34. The van der Waals surface area contributed by atoms with Crippen LogP contribution >= 0.6 is 11.6 Å². The van der Waals surface area contributed by atoms with E-state index in [0.29, 0.717) is 17.9 Å². The average molecular weight is 264 g/mol. The van der Waals surface area contributed by atoms with Crippen molar-refractivity contribution in [3.8, 4) is 0 Å². The van der Waals surface area contributed by atoms with Crippen LogP contribution in [0.1, 0.15) is 13.3 Å². The molecule has 0 amide bonds. The van der Waals surface area contributed by atoms with Gasteiger partial charge in [0.2, 0.25) is 0 Å². The van der Waals surface area contributed by atoms with Crippen molar-refractivity contribution in [2.24, 2.45) is 0 Å². The van der Waals surface area contributed by atoms with Gasteiger partial charge in [0, 0.05) is 12.2 Å². The van der Waals surface area contributed by atoms with Gasteiger partial charge in [0.05, 0.1) is 10.7 Å². The zero-order valence-electron chi connectivity index (χ0n) is 8.83. The summed E-state index contributed by atoms with van der Waals surface area (Å²) < 4.78 is 27.7. The van der Waals surface area contributed by atoms with Crippen LogP contribution in [0.5, 0.6) is 0 Å². The highest BCUT2D eigenvalue weighted by atomic mass is 35.5. The highest BCUT2D eigenvalue weighted by Crippen LogP contribution is 2.24. The van der Waals surface area contributed by atoms with Crippen LogP contribution in [0.3, 0.4) is 0 Å². The van der Waals surface area contributed by atoms with Crippen LogP contribution in [-0.2, 0) is 10.2 Å². The van der Waals surface area contributed by atoms with Crippen LogP contribution in [-0.4, -0.2) is 15.0 Å². The third-order valence-electron chi connectivity index (χ3n) is 1.78. The second kappa shape index (κ2) is 5.38. The number of hydrogen-bond acceptors (Lipinski definition) is 3. The summed E-state index contributed by atoms with van der Waals surface area (Å²) in [6.07, 6.45) is 0.719. The molecule has 1 aromatic rings. The molecule has 0 fully saturated rings. The summed E-state index contributed by atoms with van der Waals surface area (Å²) in [6, 6.07) is 4.58. The number of nitrogens with two attached hydrogens (primary N) is 1. The Morgan fingerprint density at radius 2 is 2.12 bits per heavy atom. The fourth-order valence-electron chi connectivity index (χ4n) is 1.03. The third-order valence-corrected chi connectivity index (χ3v) is 3.17. The largest absolute Gasteiger partial charge is 0.399 e. The normalized spacial score (nSPS) is 11.4. The lowest BCUT2D eigenvalue weighted by molar-refractivity contribution is 0.586. The van der Waals surface area contributed by atoms with Crippen molar-refractivity contribution in [2.75, 3.05) is 17.0 Å². The molecule has 0 aromatic heterocycles. The predicted octanol–water partition coefficient (Wildman–Crippen LogP) is 1.58. The maximum atomic E-state index is 11.5. The quantitative estimate of drug-likeness (QED) is 0.705. The molecule has 0 atom stereocenters. The molecule has 5 nitrogen and oxygen atoms in total. The van der Waals surface area contributed by atoms with Crippen molar-refractivity contribution < 1.29 is 8.42 Å². The van der Waals surface area contributed by atoms with E-state index in [1.165, 1.54) is 12.1 Å². The van der Waals surface area contributed by atoms with Crippen molar-refractivity contribution in [3.05, 3.63) is 23.2 Å². The molecule has 7 heteroatoms. The molecular weight excluding hydrogens is 250 g/mol. The topological polar surface area (TPSA) is 84.2 Å². The van der Waals surface area contributed by atoms with Crippen LogP contribution in [0, 0.1) is 0 Å².